The maximum Gasteiger partial charge on any atom is 0.253 e. The first-order valence-electron chi connectivity index (χ1n) is 10.3. The summed E-state index contributed by atoms with van der Waals surface area (Å²) in [6, 6.07) is 12.8. The Kier molecular flexibility index (Phi) is 8.20. The second-order valence-electron chi connectivity index (χ2n) is 7.12. The van der Waals surface area contributed by atoms with Crippen LogP contribution in [-0.4, -0.2) is 38.1 Å². The van der Waals surface area contributed by atoms with Crippen molar-refractivity contribution in [3.63, 3.8) is 0 Å². The Morgan fingerprint density at radius 2 is 2.09 bits per heavy atom. The number of rotatable bonds is 9. The fourth-order valence-electron chi connectivity index (χ4n) is 3.32. The molecule has 1 aliphatic heterocycles. The number of carbonyl (C=O) groups excluding carboxylic acids is 1. The highest BCUT2D eigenvalue weighted by molar-refractivity contribution is 7.99. The highest BCUT2D eigenvalue weighted by Gasteiger charge is 2.27. The van der Waals surface area contributed by atoms with Crippen LogP contribution in [0.25, 0.3) is 0 Å². The van der Waals surface area contributed by atoms with E-state index in [9.17, 15) is 4.79 Å². The van der Waals surface area contributed by atoms with Crippen LogP contribution >= 0.6 is 46.6 Å². The molecular weight excluding hydrogens is 521 g/mol. The van der Waals surface area contributed by atoms with Crippen LogP contribution in [0.4, 0.5) is 0 Å². The van der Waals surface area contributed by atoms with Gasteiger partial charge in [0.05, 0.1) is 5.71 Å². The van der Waals surface area contributed by atoms with Gasteiger partial charge in [0.15, 0.2) is 11.9 Å². The van der Waals surface area contributed by atoms with E-state index < -0.39 is 0 Å². The van der Waals surface area contributed by atoms with Crippen LogP contribution in [0, 0.1) is 0 Å². The zero-order valence-corrected chi connectivity index (χ0v) is 21.1. The lowest BCUT2D eigenvalue weighted by Gasteiger charge is -2.13. The number of oxime groups is 1. The number of hydrogen-bond acceptors (Lipinski definition) is 7. The molecule has 1 N–H and O–H groups in total. The van der Waals surface area contributed by atoms with Crippen molar-refractivity contribution >= 4 is 58.2 Å². The Labute approximate surface area is 215 Å². The number of amides is 1. The van der Waals surface area contributed by atoms with Crippen LogP contribution in [-0.2, 0) is 16.2 Å². The van der Waals surface area contributed by atoms with Gasteiger partial charge < -0.3 is 9.57 Å². The Morgan fingerprint density at radius 1 is 1.26 bits per heavy atom. The molecule has 3 aromatic rings. The van der Waals surface area contributed by atoms with Crippen LogP contribution in [0.2, 0.25) is 10.0 Å². The van der Waals surface area contributed by atoms with E-state index >= 15 is 0 Å². The number of aromatic nitrogens is 3. The quantitative estimate of drug-likeness (QED) is 0.287. The molecule has 2 aromatic carbocycles. The van der Waals surface area contributed by atoms with E-state index in [0.29, 0.717) is 33.2 Å². The van der Waals surface area contributed by atoms with E-state index in [2.05, 4.69) is 20.8 Å². The topological polar surface area (TPSA) is 90.6 Å². The van der Waals surface area contributed by atoms with Crippen molar-refractivity contribution in [2.45, 2.75) is 31.2 Å². The van der Waals surface area contributed by atoms with Gasteiger partial charge in [0, 0.05) is 27.6 Å². The number of para-hydroxylation sites is 1. The first-order valence-corrected chi connectivity index (χ1v) is 12.6. The third kappa shape index (κ3) is 5.60. The van der Waals surface area contributed by atoms with Crippen LogP contribution < -0.4 is 10.2 Å². The predicted octanol–water partition coefficient (Wildman–Crippen LogP) is 5.45. The summed E-state index contributed by atoms with van der Waals surface area (Å²) in [6.07, 6.45) is 0.191. The molecule has 0 bridgehead atoms. The van der Waals surface area contributed by atoms with Gasteiger partial charge in [-0.1, -0.05) is 65.2 Å². The molecule has 0 spiro atoms. The Hall–Kier alpha value is -2.46. The third-order valence-electron chi connectivity index (χ3n) is 4.86. The largest absolute Gasteiger partial charge is 0.485 e. The molecule has 1 aromatic heterocycles. The van der Waals surface area contributed by atoms with Crippen LogP contribution in [0.3, 0.4) is 0 Å². The van der Waals surface area contributed by atoms with Crippen LogP contribution in [0.5, 0.6) is 5.75 Å². The normalized spacial score (nSPS) is 15.1. The zero-order valence-electron chi connectivity index (χ0n) is 18.0. The molecular formula is C22H20Cl3N5O3S. The summed E-state index contributed by atoms with van der Waals surface area (Å²) >= 11 is 19.4. The predicted molar refractivity (Wildman–Crippen MR) is 134 cm³/mol. The molecule has 0 saturated carbocycles. The summed E-state index contributed by atoms with van der Waals surface area (Å²) in [6.45, 7) is 2.05. The second kappa shape index (κ2) is 11.3. The van der Waals surface area contributed by atoms with Gasteiger partial charge in [0.1, 0.15) is 18.2 Å². The van der Waals surface area contributed by atoms with E-state index in [1.807, 2.05) is 37.3 Å². The highest BCUT2D eigenvalue weighted by atomic mass is 35.5. The number of nitrogens with zero attached hydrogens (tertiary/aromatic N) is 4. The van der Waals surface area contributed by atoms with Crippen LogP contribution in [0.1, 0.15) is 36.4 Å². The number of benzene rings is 2. The molecule has 1 amide bonds. The molecule has 12 heteroatoms. The third-order valence-corrected chi connectivity index (χ3v) is 6.48. The monoisotopic (exact) mass is 539 g/mol. The minimum Gasteiger partial charge on any atom is -0.485 e. The van der Waals surface area contributed by atoms with E-state index in [1.165, 1.54) is 16.4 Å². The number of halogens is 3. The molecule has 1 atom stereocenters. The zero-order chi connectivity index (χ0) is 24.1. The average molecular weight is 541 g/mol. The molecule has 4 rings (SSSR count). The lowest BCUT2D eigenvalue weighted by molar-refractivity contribution is -0.114. The Bertz CT molecular complexity index is 1220. The van der Waals surface area contributed by atoms with Crippen molar-refractivity contribution in [2.24, 2.45) is 5.16 Å². The Morgan fingerprint density at radius 3 is 2.85 bits per heavy atom. The van der Waals surface area contributed by atoms with Crippen molar-refractivity contribution in [3.05, 3.63) is 69.5 Å². The first-order chi connectivity index (χ1) is 16.5. The minimum absolute atomic E-state index is 0.0669. The molecule has 178 valence electrons. The van der Waals surface area contributed by atoms with Crippen molar-refractivity contribution in [1.29, 1.82) is 0 Å². The number of thioether (sulfide) groups is 1. The standard InChI is InChI=1S/C22H20Cl3N5O3S/c1-2-34-22-27-26-20(30(22)28-21(31)11-23)12-32-18-6-4-3-5-15(18)17-10-19(33-29-17)14-8-7-13(24)9-16(14)25/h3-9,19H,2,10-12H2,1H3,(H,28,31). The molecule has 8 nitrogen and oxygen atoms in total. The van der Waals surface area contributed by atoms with Crippen molar-refractivity contribution in [2.75, 3.05) is 17.1 Å². The lowest BCUT2D eigenvalue weighted by Crippen LogP contribution is -2.27. The molecule has 0 saturated heterocycles. The number of nitrogens with one attached hydrogen (secondary N) is 1. The van der Waals surface area contributed by atoms with Gasteiger partial charge in [-0.05, 0) is 30.0 Å². The lowest BCUT2D eigenvalue weighted by atomic mass is 9.99. The smallest absolute Gasteiger partial charge is 0.253 e. The summed E-state index contributed by atoms with van der Waals surface area (Å²) in [5, 5.41) is 14.2. The van der Waals surface area contributed by atoms with E-state index in [4.69, 9.17) is 44.4 Å². The molecule has 0 radical (unpaired) electrons. The van der Waals surface area contributed by atoms with Crippen LogP contribution in [0.15, 0.2) is 52.8 Å². The second-order valence-corrected chi connectivity index (χ2v) is 9.46. The average Bonchev–Trinajstić information content (AvgIpc) is 3.46. The Balaban J connectivity index is 1.50. The summed E-state index contributed by atoms with van der Waals surface area (Å²) in [5.74, 6) is 1.23. The molecule has 1 aliphatic rings. The first kappa shape index (κ1) is 24.7. The van der Waals surface area contributed by atoms with Gasteiger partial charge in [0.2, 0.25) is 5.16 Å². The van der Waals surface area contributed by atoms with E-state index in [0.717, 1.165) is 22.6 Å². The fraction of sp³-hybridized carbons (Fsp3) is 0.273. The van der Waals surface area contributed by atoms with Gasteiger partial charge in [-0.3, -0.25) is 10.2 Å². The maximum atomic E-state index is 11.9. The van der Waals surface area contributed by atoms with Crippen molar-refractivity contribution in [1.82, 2.24) is 14.9 Å². The number of alkyl halides is 1. The maximum absolute atomic E-state index is 11.9. The van der Waals surface area contributed by atoms with Gasteiger partial charge in [0.25, 0.3) is 5.91 Å². The summed E-state index contributed by atoms with van der Waals surface area (Å²) in [7, 11) is 0. The van der Waals surface area contributed by atoms with E-state index in [1.54, 1.807) is 12.1 Å². The molecule has 0 aliphatic carbocycles. The number of hydrogen-bond donors (Lipinski definition) is 1. The molecule has 34 heavy (non-hydrogen) atoms. The summed E-state index contributed by atoms with van der Waals surface area (Å²) in [4.78, 5) is 17.5. The van der Waals surface area contributed by atoms with E-state index in [-0.39, 0.29) is 24.5 Å². The van der Waals surface area contributed by atoms with Crippen molar-refractivity contribution < 1.29 is 14.4 Å². The van der Waals surface area contributed by atoms with Gasteiger partial charge in [-0.15, -0.1) is 21.8 Å². The van der Waals surface area contributed by atoms with Gasteiger partial charge in [-0.2, -0.15) is 0 Å². The minimum atomic E-state index is -0.370. The van der Waals surface area contributed by atoms with Crippen molar-refractivity contribution in [3.8, 4) is 5.75 Å². The summed E-state index contributed by atoms with van der Waals surface area (Å²) in [5.41, 5.74) is 5.01. The number of ether oxygens (including phenoxy) is 1. The van der Waals surface area contributed by atoms with Gasteiger partial charge >= 0.3 is 0 Å². The number of carbonyl (C=O) groups is 1. The highest BCUT2D eigenvalue weighted by Crippen LogP contribution is 2.36. The summed E-state index contributed by atoms with van der Waals surface area (Å²) < 4.78 is 7.56. The fourth-order valence-corrected chi connectivity index (χ4v) is 4.55. The molecule has 1 unspecified atom stereocenters. The van der Waals surface area contributed by atoms with Gasteiger partial charge in [-0.25, -0.2) is 4.68 Å². The molecule has 0 fully saturated rings. The SMILES string of the molecule is CCSc1nnc(COc2ccccc2C2=NOC(c3ccc(Cl)cc3Cl)C2)n1NC(=O)CCl. The molecule has 2 heterocycles.